The molecule has 204 valence electrons. The van der Waals surface area contributed by atoms with Crippen LogP contribution in [0, 0.1) is 6.92 Å². The Kier molecular flexibility index (Phi) is 10.1. The largest absolute Gasteiger partial charge is 0.416 e. The molecule has 0 spiro atoms. The molecule has 37 heavy (non-hydrogen) atoms. The van der Waals surface area contributed by atoms with Gasteiger partial charge in [0.15, 0.2) is 0 Å². The van der Waals surface area contributed by atoms with Crippen LogP contribution in [0.3, 0.4) is 0 Å². The molecule has 2 aromatic rings. The number of rotatable bonds is 11. The average molecular weight is 542 g/mol. The van der Waals surface area contributed by atoms with Gasteiger partial charge in [-0.05, 0) is 57.9 Å². The van der Waals surface area contributed by atoms with Gasteiger partial charge in [-0.3, -0.25) is 13.9 Å². The standard InChI is InChI=1S/C26H34F3N3O4S/c1-18(2)30-25(34)20(4)31(17-21-13-11-19(3)12-14-21)24(33)10-7-15-32(37(5,35)36)23-9-6-8-22(16-23)26(27,28)29/h6,8-9,11-14,16,18,20H,7,10,15,17H2,1-5H3,(H,30,34)/t20-/m1/s1. The molecule has 11 heteroatoms. The van der Waals surface area contributed by atoms with Gasteiger partial charge < -0.3 is 10.2 Å². The van der Waals surface area contributed by atoms with E-state index in [4.69, 9.17) is 0 Å². The van der Waals surface area contributed by atoms with Crippen molar-refractivity contribution in [3.8, 4) is 0 Å². The number of amides is 2. The smallest absolute Gasteiger partial charge is 0.352 e. The molecule has 0 heterocycles. The molecule has 0 fully saturated rings. The lowest BCUT2D eigenvalue weighted by atomic mass is 10.1. The monoisotopic (exact) mass is 541 g/mol. The minimum absolute atomic E-state index is 0.0467. The van der Waals surface area contributed by atoms with Crippen LogP contribution in [0.5, 0.6) is 0 Å². The number of carbonyl (C=O) groups is 2. The van der Waals surface area contributed by atoms with Gasteiger partial charge in [-0.2, -0.15) is 13.2 Å². The van der Waals surface area contributed by atoms with Crippen LogP contribution in [0.2, 0.25) is 0 Å². The highest BCUT2D eigenvalue weighted by atomic mass is 32.2. The fraction of sp³-hybridized carbons (Fsp3) is 0.462. The normalized spacial score (nSPS) is 12.8. The minimum Gasteiger partial charge on any atom is -0.352 e. The highest BCUT2D eigenvalue weighted by Crippen LogP contribution is 2.32. The van der Waals surface area contributed by atoms with Crippen LogP contribution >= 0.6 is 0 Å². The van der Waals surface area contributed by atoms with Gasteiger partial charge in [0.1, 0.15) is 6.04 Å². The van der Waals surface area contributed by atoms with E-state index in [1.807, 2.05) is 45.0 Å². The summed E-state index contributed by atoms with van der Waals surface area (Å²) in [5.74, 6) is -0.693. The van der Waals surface area contributed by atoms with Gasteiger partial charge in [-0.1, -0.05) is 35.9 Å². The third-order valence-electron chi connectivity index (χ3n) is 5.69. The molecular weight excluding hydrogens is 507 g/mol. The molecule has 0 aliphatic carbocycles. The SMILES string of the molecule is Cc1ccc(CN(C(=O)CCCN(c2cccc(C(F)(F)F)c2)S(C)(=O)=O)[C@H](C)C(=O)NC(C)C)cc1. The van der Waals surface area contributed by atoms with Crippen molar-refractivity contribution in [1.29, 1.82) is 0 Å². The molecule has 0 saturated carbocycles. The number of hydrogen-bond donors (Lipinski definition) is 1. The summed E-state index contributed by atoms with van der Waals surface area (Å²) in [5.41, 5.74) is 0.766. The second-order valence-corrected chi connectivity index (χ2v) is 11.2. The quantitative estimate of drug-likeness (QED) is 0.454. The summed E-state index contributed by atoms with van der Waals surface area (Å²) >= 11 is 0. The van der Waals surface area contributed by atoms with E-state index in [1.54, 1.807) is 6.92 Å². The van der Waals surface area contributed by atoms with E-state index in [0.29, 0.717) is 0 Å². The van der Waals surface area contributed by atoms with Crippen LogP contribution < -0.4 is 9.62 Å². The number of sulfonamides is 1. The van der Waals surface area contributed by atoms with Crippen LogP contribution in [0.4, 0.5) is 18.9 Å². The molecule has 1 atom stereocenters. The Balaban J connectivity index is 2.21. The van der Waals surface area contributed by atoms with Crippen molar-refractivity contribution in [3.05, 3.63) is 65.2 Å². The van der Waals surface area contributed by atoms with E-state index < -0.39 is 27.8 Å². The van der Waals surface area contributed by atoms with Gasteiger partial charge in [0.2, 0.25) is 21.8 Å². The maximum atomic E-state index is 13.2. The Morgan fingerprint density at radius 1 is 1.03 bits per heavy atom. The number of alkyl halides is 3. The van der Waals surface area contributed by atoms with Gasteiger partial charge in [0.05, 0.1) is 17.5 Å². The third kappa shape index (κ3) is 9.07. The van der Waals surface area contributed by atoms with Gasteiger partial charge in [0, 0.05) is 25.6 Å². The van der Waals surface area contributed by atoms with Gasteiger partial charge in [-0.25, -0.2) is 8.42 Å². The molecule has 0 aliphatic heterocycles. The molecule has 0 radical (unpaired) electrons. The molecule has 2 rings (SSSR count). The number of hydrogen-bond acceptors (Lipinski definition) is 4. The number of halogens is 3. The lowest BCUT2D eigenvalue weighted by molar-refractivity contribution is -0.140. The highest BCUT2D eigenvalue weighted by Gasteiger charge is 2.32. The van der Waals surface area contributed by atoms with Crippen molar-refractivity contribution in [1.82, 2.24) is 10.2 Å². The summed E-state index contributed by atoms with van der Waals surface area (Å²) in [6.07, 6.45) is -3.78. The summed E-state index contributed by atoms with van der Waals surface area (Å²) in [5, 5.41) is 2.79. The zero-order valence-corrected chi connectivity index (χ0v) is 22.5. The maximum absolute atomic E-state index is 13.2. The van der Waals surface area contributed by atoms with E-state index in [9.17, 15) is 31.2 Å². The molecule has 0 aliphatic rings. The van der Waals surface area contributed by atoms with Crippen LogP contribution in [0.25, 0.3) is 0 Å². The average Bonchev–Trinajstić information content (AvgIpc) is 2.79. The molecule has 0 aromatic heterocycles. The van der Waals surface area contributed by atoms with Crippen LogP contribution in [0.15, 0.2) is 48.5 Å². The first-order valence-corrected chi connectivity index (χ1v) is 13.7. The Morgan fingerprint density at radius 2 is 1.65 bits per heavy atom. The van der Waals surface area contributed by atoms with Crippen molar-refractivity contribution >= 4 is 27.5 Å². The lowest BCUT2D eigenvalue weighted by Gasteiger charge is -2.30. The van der Waals surface area contributed by atoms with Crippen LogP contribution in [-0.2, 0) is 32.3 Å². The van der Waals surface area contributed by atoms with Crippen molar-refractivity contribution < 1.29 is 31.2 Å². The van der Waals surface area contributed by atoms with Crippen molar-refractivity contribution in [2.75, 3.05) is 17.1 Å². The lowest BCUT2D eigenvalue weighted by Crippen LogP contribution is -2.49. The number of benzene rings is 2. The summed E-state index contributed by atoms with van der Waals surface area (Å²) in [4.78, 5) is 27.3. The predicted octanol–water partition coefficient (Wildman–Crippen LogP) is 4.50. The predicted molar refractivity (Wildman–Crippen MR) is 137 cm³/mol. The second-order valence-electron chi connectivity index (χ2n) is 9.33. The zero-order chi connectivity index (χ0) is 28.0. The molecule has 0 saturated heterocycles. The Morgan fingerprint density at radius 3 is 2.19 bits per heavy atom. The van der Waals surface area contributed by atoms with Crippen molar-refractivity contribution in [2.24, 2.45) is 0 Å². The van der Waals surface area contributed by atoms with Crippen LogP contribution in [0.1, 0.15) is 50.3 Å². The van der Waals surface area contributed by atoms with Crippen molar-refractivity contribution in [3.63, 3.8) is 0 Å². The topological polar surface area (TPSA) is 86.8 Å². The Labute approximate surface area is 216 Å². The summed E-state index contributed by atoms with van der Waals surface area (Å²) in [7, 11) is -3.92. The van der Waals surface area contributed by atoms with Crippen molar-refractivity contribution in [2.45, 2.75) is 65.3 Å². The summed E-state index contributed by atoms with van der Waals surface area (Å²) < 4.78 is 65.0. The van der Waals surface area contributed by atoms with E-state index >= 15 is 0 Å². The Hall–Kier alpha value is -3.08. The number of anilines is 1. The fourth-order valence-electron chi connectivity index (χ4n) is 3.72. The summed E-state index contributed by atoms with van der Waals surface area (Å²) in [6.45, 7) is 7.15. The van der Waals surface area contributed by atoms with Crippen LogP contribution in [-0.4, -0.2) is 50.0 Å². The molecule has 2 aromatic carbocycles. The van der Waals surface area contributed by atoms with E-state index in [1.165, 1.54) is 11.0 Å². The highest BCUT2D eigenvalue weighted by molar-refractivity contribution is 7.92. The number of carbonyl (C=O) groups excluding carboxylic acids is 2. The number of nitrogens with one attached hydrogen (secondary N) is 1. The second kappa shape index (κ2) is 12.4. The third-order valence-corrected chi connectivity index (χ3v) is 6.88. The number of nitrogens with zero attached hydrogens (tertiary/aromatic N) is 2. The first-order chi connectivity index (χ1) is 17.1. The molecule has 2 amide bonds. The first-order valence-electron chi connectivity index (χ1n) is 11.9. The molecule has 0 bridgehead atoms. The van der Waals surface area contributed by atoms with E-state index in [-0.39, 0.29) is 49.5 Å². The first kappa shape index (κ1) is 30.1. The van der Waals surface area contributed by atoms with Gasteiger partial charge in [-0.15, -0.1) is 0 Å². The fourth-order valence-corrected chi connectivity index (χ4v) is 4.68. The molecular formula is C26H34F3N3O4S. The zero-order valence-electron chi connectivity index (χ0n) is 21.7. The molecule has 0 unspecified atom stereocenters. The molecule has 7 nitrogen and oxygen atoms in total. The van der Waals surface area contributed by atoms with E-state index in [0.717, 1.165) is 39.9 Å². The minimum atomic E-state index is -4.63. The Bertz CT molecular complexity index is 1180. The summed E-state index contributed by atoms with van der Waals surface area (Å²) in [6, 6.07) is 10.7. The molecule has 1 N–H and O–H groups in total. The van der Waals surface area contributed by atoms with Gasteiger partial charge >= 0.3 is 6.18 Å². The van der Waals surface area contributed by atoms with Gasteiger partial charge in [0.25, 0.3) is 0 Å². The number of aryl methyl sites for hydroxylation is 1. The van der Waals surface area contributed by atoms with E-state index in [2.05, 4.69) is 5.32 Å². The maximum Gasteiger partial charge on any atom is 0.416 e.